The fourth-order valence-electron chi connectivity index (χ4n) is 2.27. The molecule has 2 rings (SSSR count). The van der Waals surface area contributed by atoms with Crippen LogP contribution >= 0.6 is 0 Å². The minimum atomic E-state index is 0.596. The van der Waals surface area contributed by atoms with E-state index < -0.39 is 0 Å². The first-order valence-electron chi connectivity index (χ1n) is 6.67. The van der Waals surface area contributed by atoms with Gasteiger partial charge >= 0.3 is 0 Å². The molecule has 0 aliphatic carbocycles. The van der Waals surface area contributed by atoms with Gasteiger partial charge in [-0.15, -0.1) is 0 Å². The third-order valence-electron chi connectivity index (χ3n) is 3.55. The van der Waals surface area contributed by atoms with Crippen molar-refractivity contribution < 1.29 is 0 Å². The lowest BCUT2D eigenvalue weighted by molar-refractivity contribution is 0.872. The van der Waals surface area contributed by atoms with E-state index in [2.05, 4.69) is 42.2 Å². The van der Waals surface area contributed by atoms with Gasteiger partial charge in [-0.2, -0.15) is 5.26 Å². The van der Waals surface area contributed by atoms with Gasteiger partial charge in [0.25, 0.3) is 0 Å². The molecule has 3 nitrogen and oxygen atoms in total. The fourth-order valence-corrected chi connectivity index (χ4v) is 2.27. The molecule has 0 saturated carbocycles. The molecule has 0 aliphatic heterocycles. The maximum atomic E-state index is 8.85. The third-order valence-corrected chi connectivity index (χ3v) is 3.55. The predicted octanol–water partition coefficient (Wildman–Crippen LogP) is 3.13. The van der Waals surface area contributed by atoms with Gasteiger partial charge < -0.3 is 10.6 Å². The van der Waals surface area contributed by atoms with E-state index in [-0.39, 0.29) is 0 Å². The maximum absolute atomic E-state index is 8.85. The molecule has 2 N–H and O–H groups in total. The molecule has 2 aromatic rings. The highest BCUT2D eigenvalue weighted by Crippen LogP contribution is 2.23. The number of nitriles is 1. The van der Waals surface area contributed by atoms with Crippen LogP contribution in [0.2, 0.25) is 0 Å². The van der Waals surface area contributed by atoms with Crippen molar-refractivity contribution in [2.24, 2.45) is 0 Å². The Morgan fingerprint density at radius 1 is 1.20 bits per heavy atom. The summed E-state index contributed by atoms with van der Waals surface area (Å²) in [6, 6.07) is 15.9. The molecule has 0 aromatic heterocycles. The van der Waals surface area contributed by atoms with Crippen LogP contribution < -0.4 is 10.6 Å². The smallest absolute Gasteiger partial charge is 0.0992 e. The summed E-state index contributed by atoms with van der Waals surface area (Å²) in [5.74, 6) is 0. The number of rotatable bonds is 4. The van der Waals surface area contributed by atoms with Crippen LogP contribution in [0, 0.1) is 18.3 Å². The minimum absolute atomic E-state index is 0.596. The Labute approximate surface area is 120 Å². The Morgan fingerprint density at radius 3 is 2.60 bits per heavy atom. The molecule has 0 spiro atoms. The lowest BCUT2D eigenvalue weighted by Gasteiger charge is -2.21. The van der Waals surface area contributed by atoms with Gasteiger partial charge in [0.2, 0.25) is 0 Å². The van der Waals surface area contributed by atoms with Crippen molar-refractivity contribution >= 4 is 11.4 Å². The molecule has 20 heavy (non-hydrogen) atoms. The van der Waals surface area contributed by atoms with Gasteiger partial charge in [0.15, 0.2) is 0 Å². The lowest BCUT2D eigenvalue weighted by Crippen LogP contribution is -2.21. The number of likely N-dealkylation sites (N-methyl/N-ethyl adjacent to an activating group) is 1. The minimum Gasteiger partial charge on any atom is -0.397 e. The van der Waals surface area contributed by atoms with E-state index in [0.29, 0.717) is 11.3 Å². The van der Waals surface area contributed by atoms with Crippen molar-refractivity contribution in [1.29, 1.82) is 5.26 Å². The van der Waals surface area contributed by atoms with Gasteiger partial charge in [-0.1, -0.05) is 24.3 Å². The Kier molecular flexibility index (Phi) is 4.27. The van der Waals surface area contributed by atoms with Gasteiger partial charge in [-0.3, -0.25) is 0 Å². The number of nitrogens with zero attached hydrogens (tertiary/aromatic N) is 2. The first kappa shape index (κ1) is 14.0. The predicted molar refractivity (Wildman–Crippen MR) is 83.7 cm³/mol. The first-order valence-corrected chi connectivity index (χ1v) is 6.67. The summed E-state index contributed by atoms with van der Waals surface area (Å²) >= 11 is 0. The second kappa shape index (κ2) is 6.12. The highest BCUT2D eigenvalue weighted by Gasteiger charge is 2.07. The van der Waals surface area contributed by atoms with Gasteiger partial charge in [0, 0.05) is 13.6 Å². The zero-order valence-corrected chi connectivity index (χ0v) is 11.9. The van der Waals surface area contributed by atoms with Crippen LogP contribution in [0.15, 0.2) is 42.5 Å². The average molecular weight is 265 g/mol. The van der Waals surface area contributed by atoms with Crippen LogP contribution in [0.3, 0.4) is 0 Å². The number of nitrogens with two attached hydrogens (primary N) is 1. The molecule has 0 aliphatic rings. The number of nitrogen functional groups attached to an aromatic ring is 1. The average Bonchev–Trinajstić information content (AvgIpc) is 2.46. The molecule has 0 atom stereocenters. The Bertz CT molecular complexity index is 641. The topological polar surface area (TPSA) is 53.0 Å². The van der Waals surface area contributed by atoms with Crippen molar-refractivity contribution in [3.05, 3.63) is 59.2 Å². The molecule has 0 bridgehead atoms. The van der Waals surface area contributed by atoms with E-state index >= 15 is 0 Å². The quantitative estimate of drug-likeness (QED) is 0.864. The molecule has 0 amide bonds. The maximum Gasteiger partial charge on any atom is 0.0992 e. The molecular weight excluding hydrogens is 246 g/mol. The summed E-state index contributed by atoms with van der Waals surface area (Å²) in [6.07, 6.45) is 0.975. The van der Waals surface area contributed by atoms with E-state index in [1.54, 1.807) is 12.1 Å². The summed E-state index contributed by atoms with van der Waals surface area (Å²) < 4.78 is 0. The van der Waals surface area contributed by atoms with Crippen LogP contribution in [0.1, 0.15) is 16.7 Å². The molecule has 0 fully saturated rings. The summed E-state index contributed by atoms with van der Waals surface area (Å²) in [5.41, 5.74) is 10.9. The zero-order chi connectivity index (χ0) is 14.5. The molecule has 102 valence electrons. The summed E-state index contributed by atoms with van der Waals surface area (Å²) in [7, 11) is 2.02. The van der Waals surface area contributed by atoms with Gasteiger partial charge in [-0.05, 0) is 42.7 Å². The van der Waals surface area contributed by atoms with Gasteiger partial charge in [-0.25, -0.2) is 0 Å². The highest BCUT2D eigenvalue weighted by atomic mass is 15.1. The fraction of sp³-hybridized carbons (Fsp3) is 0.235. The van der Waals surface area contributed by atoms with Crippen molar-refractivity contribution in [1.82, 2.24) is 0 Å². The van der Waals surface area contributed by atoms with Gasteiger partial charge in [0.05, 0.1) is 23.0 Å². The van der Waals surface area contributed by atoms with Crippen LogP contribution in [-0.2, 0) is 6.42 Å². The SMILES string of the molecule is Cc1ccccc1CCN(C)c1ccc(C#N)cc1N. The second-order valence-electron chi connectivity index (χ2n) is 4.98. The van der Waals surface area contributed by atoms with E-state index in [0.717, 1.165) is 18.7 Å². The number of benzene rings is 2. The van der Waals surface area contributed by atoms with Crippen LogP contribution in [0.4, 0.5) is 11.4 Å². The Morgan fingerprint density at radius 2 is 1.95 bits per heavy atom. The van der Waals surface area contributed by atoms with Crippen LogP contribution in [0.5, 0.6) is 0 Å². The largest absolute Gasteiger partial charge is 0.397 e. The number of hydrogen-bond donors (Lipinski definition) is 1. The molecule has 0 heterocycles. The lowest BCUT2D eigenvalue weighted by atomic mass is 10.1. The van der Waals surface area contributed by atoms with E-state index in [1.165, 1.54) is 11.1 Å². The molecule has 0 radical (unpaired) electrons. The van der Waals surface area contributed by atoms with E-state index in [9.17, 15) is 0 Å². The molecular formula is C17H19N3. The van der Waals surface area contributed by atoms with Crippen LogP contribution in [-0.4, -0.2) is 13.6 Å². The first-order chi connectivity index (χ1) is 9.61. The summed E-state index contributed by atoms with van der Waals surface area (Å²) in [5, 5.41) is 8.85. The van der Waals surface area contributed by atoms with Crippen molar-refractivity contribution in [2.75, 3.05) is 24.2 Å². The second-order valence-corrected chi connectivity index (χ2v) is 4.98. The van der Waals surface area contributed by atoms with Crippen molar-refractivity contribution in [3.8, 4) is 6.07 Å². The molecule has 0 saturated heterocycles. The molecule has 0 unspecified atom stereocenters. The summed E-state index contributed by atoms with van der Waals surface area (Å²) in [6.45, 7) is 3.02. The monoisotopic (exact) mass is 265 g/mol. The Balaban J connectivity index is 2.08. The number of anilines is 2. The standard InChI is InChI=1S/C17H19N3/c1-13-5-3-4-6-15(13)9-10-20(2)17-8-7-14(12-18)11-16(17)19/h3-8,11H,9-10,19H2,1-2H3. The van der Waals surface area contributed by atoms with Crippen molar-refractivity contribution in [2.45, 2.75) is 13.3 Å². The van der Waals surface area contributed by atoms with Gasteiger partial charge in [0.1, 0.15) is 0 Å². The number of hydrogen-bond acceptors (Lipinski definition) is 3. The van der Waals surface area contributed by atoms with Crippen LogP contribution in [0.25, 0.3) is 0 Å². The number of aryl methyl sites for hydroxylation is 1. The van der Waals surface area contributed by atoms with E-state index in [4.69, 9.17) is 11.0 Å². The Hall–Kier alpha value is -2.47. The molecule has 2 aromatic carbocycles. The van der Waals surface area contributed by atoms with Crippen molar-refractivity contribution in [3.63, 3.8) is 0 Å². The normalized spacial score (nSPS) is 10.1. The summed E-state index contributed by atoms with van der Waals surface area (Å²) in [4.78, 5) is 2.13. The van der Waals surface area contributed by atoms with E-state index in [1.807, 2.05) is 13.1 Å². The molecule has 3 heteroatoms. The highest BCUT2D eigenvalue weighted by molar-refractivity contribution is 5.69. The zero-order valence-electron chi connectivity index (χ0n) is 11.9. The third kappa shape index (κ3) is 3.10.